The molecule has 1 aliphatic rings. The van der Waals surface area contributed by atoms with Crippen molar-refractivity contribution in [3.63, 3.8) is 0 Å². The molecule has 28 heavy (non-hydrogen) atoms. The molecule has 144 valence electrons. The van der Waals surface area contributed by atoms with Crippen LogP contribution in [0.1, 0.15) is 15.9 Å². The number of carbonyl (C=O) groups is 2. The van der Waals surface area contributed by atoms with Gasteiger partial charge in [-0.15, -0.1) is 0 Å². The third-order valence-electron chi connectivity index (χ3n) is 4.86. The topological polar surface area (TPSA) is 51.5 Å². The van der Waals surface area contributed by atoms with Crippen LogP contribution in [-0.2, 0) is 16.1 Å². The van der Waals surface area contributed by atoms with E-state index in [1.807, 2.05) is 34.9 Å². The molecule has 1 fully saturated rings. The molecule has 0 N–H and O–H groups in total. The van der Waals surface area contributed by atoms with Gasteiger partial charge in [0.2, 0.25) is 0 Å². The Kier molecular flexibility index (Phi) is 5.40. The molecule has 4 rings (SSSR count). The SMILES string of the molecule is O=C(C(=O)N1CCOCC1)c1cn(Cc2ccc(Cl)c(Cl)c2)c2ccccc12. The molecule has 0 saturated carbocycles. The highest BCUT2D eigenvalue weighted by atomic mass is 35.5. The number of morpholine rings is 1. The maximum absolute atomic E-state index is 12.9. The standard InChI is InChI=1S/C21H18Cl2N2O3/c22-17-6-5-14(11-18(17)23)12-25-13-16(15-3-1-2-4-19(15)25)20(26)21(27)24-7-9-28-10-8-24/h1-6,11,13H,7-10,12H2. The third-order valence-corrected chi connectivity index (χ3v) is 5.60. The number of para-hydroxylation sites is 1. The van der Waals surface area contributed by atoms with Gasteiger partial charge in [-0.1, -0.05) is 47.5 Å². The number of carbonyl (C=O) groups excluding carboxylic acids is 2. The molecule has 0 unspecified atom stereocenters. The number of ether oxygens (including phenoxy) is 1. The average molecular weight is 417 g/mol. The number of nitrogens with zero attached hydrogens (tertiary/aromatic N) is 2. The Balaban J connectivity index is 1.68. The van der Waals surface area contributed by atoms with Crippen molar-refractivity contribution in [3.05, 3.63) is 69.8 Å². The van der Waals surface area contributed by atoms with E-state index in [0.717, 1.165) is 16.5 Å². The number of fused-ring (bicyclic) bond motifs is 1. The van der Waals surface area contributed by atoms with Gasteiger partial charge in [-0.2, -0.15) is 0 Å². The van der Waals surface area contributed by atoms with Crippen molar-refractivity contribution in [1.82, 2.24) is 9.47 Å². The predicted octanol–water partition coefficient (Wildman–Crippen LogP) is 4.04. The van der Waals surface area contributed by atoms with Crippen LogP contribution >= 0.6 is 23.2 Å². The van der Waals surface area contributed by atoms with Crippen LogP contribution < -0.4 is 0 Å². The molecule has 1 amide bonds. The van der Waals surface area contributed by atoms with E-state index < -0.39 is 11.7 Å². The van der Waals surface area contributed by atoms with Crippen LogP contribution in [0.4, 0.5) is 0 Å². The molecule has 0 spiro atoms. The Morgan fingerprint density at radius 1 is 1.00 bits per heavy atom. The van der Waals surface area contributed by atoms with Crippen molar-refractivity contribution >= 4 is 45.8 Å². The summed E-state index contributed by atoms with van der Waals surface area (Å²) in [5.41, 5.74) is 2.24. The number of rotatable bonds is 4. The van der Waals surface area contributed by atoms with E-state index in [0.29, 0.717) is 48.5 Å². The highest BCUT2D eigenvalue weighted by Crippen LogP contribution is 2.26. The number of Topliss-reactive ketones (excluding diaryl/α,β-unsaturated/α-hetero) is 1. The fourth-order valence-electron chi connectivity index (χ4n) is 3.42. The van der Waals surface area contributed by atoms with Gasteiger partial charge in [0.25, 0.3) is 11.7 Å². The van der Waals surface area contributed by atoms with E-state index in [2.05, 4.69) is 0 Å². The van der Waals surface area contributed by atoms with E-state index in [1.165, 1.54) is 0 Å². The molecule has 7 heteroatoms. The van der Waals surface area contributed by atoms with Crippen molar-refractivity contribution < 1.29 is 14.3 Å². The molecule has 2 aromatic carbocycles. The molecule has 1 aliphatic heterocycles. The van der Waals surface area contributed by atoms with Crippen LogP contribution in [0.5, 0.6) is 0 Å². The van der Waals surface area contributed by atoms with Gasteiger partial charge in [-0.3, -0.25) is 9.59 Å². The zero-order valence-corrected chi connectivity index (χ0v) is 16.5. The number of hydrogen-bond acceptors (Lipinski definition) is 3. The fourth-order valence-corrected chi connectivity index (χ4v) is 3.74. The van der Waals surface area contributed by atoms with Crippen molar-refractivity contribution in [2.24, 2.45) is 0 Å². The second-order valence-electron chi connectivity index (χ2n) is 6.67. The lowest BCUT2D eigenvalue weighted by molar-refractivity contribution is -0.130. The second kappa shape index (κ2) is 7.95. The molecule has 5 nitrogen and oxygen atoms in total. The Bertz CT molecular complexity index is 1050. The van der Waals surface area contributed by atoms with Crippen molar-refractivity contribution in [2.45, 2.75) is 6.54 Å². The van der Waals surface area contributed by atoms with Gasteiger partial charge in [0.15, 0.2) is 0 Å². The first-order valence-corrected chi connectivity index (χ1v) is 9.73. The highest BCUT2D eigenvalue weighted by molar-refractivity contribution is 6.45. The Hall–Kier alpha value is -2.34. The minimum absolute atomic E-state index is 0.409. The van der Waals surface area contributed by atoms with Crippen LogP contribution in [0.15, 0.2) is 48.7 Å². The van der Waals surface area contributed by atoms with E-state index >= 15 is 0 Å². The molecule has 0 aliphatic carbocycles. The first-order valence-electron chi connectivity index (χ1n) is 8.98. The lowest BCUT2D eigenvalue weighted by Crippen LogP contribution is -2.44. The minimum atomic E-state index is -0.494. The number of aromatic nitrogens is 1. The Morgan fingerprint density at radius 2 is 1.75 bits per heavy atom. The van der Waals surface area contributed by atoms with Gasteiger partial charge >= 0.3 is 0 Å². The summed E-state index contributed by atoms with van der Waals surface area (Å²) in [5.74, 6) is -0.980. The fraction of sp³-hybridized carbons (Fsp3) is 0.238. The lowest BCUT2D eigenvalue weighted by Gasteiger charge is -2.25. The molecular weight excluding hydrogens is 399 g/mol. The summed E-state index contributed by atoms with van der Waals surface area (Å²) in [6.45, 7) is 2.30. The van der Waals surface area contributed by atoms with Gasteiger partial charge in [0.05, 0.1) is 28.8 Å². The van der Waals surface area contributed by atoms with E-state index in [1.54, 1.807) is 23.2 Å². The molecule has 2 heterocycles. The van der Waals surface area contributed by atoms with Gasteiger partial charge in [-0.05, 0) is 23.8 Å². The lowest BCUT2D eigenvalue weighted by atomic mass is 10.1. The van der Waals surface area contributed by atoms with Gasteiger partial charge in [0.1, 0.15) is 0 Å². The molecule has 3 aromatic rings. The minimum Gasteiger partial charge on any atom is -0.378 e. The van der Waals surface area contributed by atoms with Crippen molar-refractivity contribution in [3.8, 4) is 0 Å². The number of ketones is 1. The quantitative estimate of drug-likeness (QED) is 0.476. The van der Waals surface area contributed by atoms with Crippen molar-refractivity contribution in [1.29, 1.82) is 0 Å². The summed E-state index contributed by atoms with van der Waals surface area (Å²) in [5, 5.41) is 1.73. The summed E-state index contributed by atoms with van der Waals surface area (Å²) in [7, 11) is 0. The van der Waals surface area contributed by atoms with Gasteiger partial charge in [0, 0.05) is 36.7 Å². The maximum Gasteiger partial charge on any atom is 0.295 e. The normalized spacial score (nSPS) is 14.4. The molecule has 0 radical (unpaired) electrons. The van der Waals surface area contributed by atoms with Crippen LogP contribution in [0.25, 0.3) is 10.9 Å². The maximum atomic E-state index is 12.9. The van der Waals surface area contributed by atoms with Crippen LogP contribution in [0, 0.1) is 0 Å². The zero-order valence-electron chi connectivity index (χ0n) is 15.0. The highest BCUT2D eigenvalue weighted by Gasteiger charge is 2.27. The molecule has 1 saturated heterocycles. The van der Waals surface area contributed by atoms with Crippen LogP contribution in [-0.4, -0.2) is 47.5 Å². The first kappa shape index (κ1) is 19.0. The summed E-state index contributed by atoms with van der Waals surface area (Å²) in [6, 6.07) is 13.0. The van der Waals surface area contributed by atoms with E-state index in [9.17, 15) is 9.59 Å². The van der Waals surface area contributed by atoms with Crippen molar-refractivity contribution in [2.75, 3.05) is 26.3 Å². The largest absolute Gasteiger partial charge is 0.378 e. The number of benzene rings is 2. The summed E-state index contributed by atoms with van der Waals surface area (Å²) < 4.78 is 7.22. The van der Waals surface area contributed by atoms with Crippen LogP contribution in [0.2, 0.25) is 10.0 Å². The Morgan fingerprint density at radius 3 is 2.50 bits per heavy atom. The molecule has 1 aromatic heterocycles. The summed E-state index contributed by atoms with van der Waals surface area (Å²) in [4.78, 5) is 27.2. The number of hydrogen-bond donors (Lipinski definition) is 0. The predicted molar refractivity (Wildman–Crippen MR) is 109 cm³/mol. The summed E-state index contributed by atoms with van der Waals surface area (Å²) >= 11 is 12.1. The van der Waals surface area contributed by atoms with E-state index in [4.69, 9.17) is 27.9 Å². The third kappa shape index (κ3) is 3.65. The van der Waals surface area contributed by atoms with E-state index in [-0.39, 0.29) is 0 Å². The zero-order chi connectivity index (χ0) is 19.7. The number of halogens is 2. The number of amides is 1. The summed E-state index contributed by atoms with van der Waals surface area (Å²) in [6.07, 6.45) is 1.74. The molecule has 0 bridgehead atoms. The van der Waals surface area contributed by atoms with Gasteiger partial charge < -0.3 is 14.2 Å². The van der Waals surface area contributed by atoms with Gasteiger partial charge in [-0.25, -0.2) is 0 Å². The smallest absolute Gasteiger partial charge is 0.295 e. The first-order chi connectivity index (χ1) is 13.5. The molecular formula is C21H18Cl2N2O3. The van der Waals surface area contributed by atoms with Crippen LogP contribution in [0.3, 0.4) is 0 Å². The average Bonchev–Trinajstić information content (AvgIpc) is 3.09. The Labute approximate surface area is 172 Å². The molecule has 0 atom stereocenters. The monoisotopic (exact) mass is 416 g/mol. The second-order valence-corrected chi connectivity index (χ2v) is 7.48.